The third kappa shape index (κ3) is 3.28. The second-order valence-electron chi connectivity index (χ2n) is 4.22. The summed E-state index contributed by atoms with van der Waals surface area (Å²) < 4.78 is 39.8. The molecule has 0 aliphatic heterocycles. The van der Waals surface area contributed by atoms with Crippen molar-refractivity contribution in [2.24, 2.45) is 5.73 Å². The molecule has 0 fully saturated rings. The van der Waals surface area contributed by atoms with Gasteiger partial charge in [-0.25, -0.2) is 13.2 Å². The molecule has 0 radical (unpaired) electrons. The van der Waals surface area contributed by atoms with Crippen molar-refractivity contribution in [3.63, 3.8) is 0 Å². The number of halogens is 4. The van der Waals surface area contributed by atoms with Gasteiger partial charge in [0.1, 0.15) is 17.5 Å². The molecule has 100 valence electrons. The van der Waals surface area contributed by atoms with E-state index in [2.05, 4.69) is 0 Å². The molecule has 1 unspecified atom stereocenters. The Balaban J connectivity index is 2.28. The molecule has 2 aromatic carbocycles. The van der Waals surface area contributed by atoms with E-state index in [0.29, 0.717) is 5.56 Å². The Morgan fingerprint density at radius 2 is 1.68 bits per heavy atom. The summed E-state index contributed by atoms with van der Waals surface area (Å²) in [4.78, 5) is 0. The van der Waals surface area contributed by atoms with Crippen LogP contribution in [-0.4, -0.2) is 0 Å². The molecule has 0 saturated carbocycles. The fraction of sp³-hybridized carbons (Fsp3) is 0.143. The van der Waals surface area contributed by atoms with E-state index < -0.39 is 23.5 Å². The predicted molar refractivity (Wildman–Crippen MR) is 68.4 cm³/mol. The van der Waals surface area contributed by atoms with Gasteiger partial charge >= 0.3 is 0 Å². The second kappa shape index (κ2) is 5.63. The summed E-state index contributed by atoms with van der Waals surface area (Å²) in [6.07, 6.45) is 0.0926. The molecule has 0 heterocycles. The lowest BCUT2D eigenvalue weighted by Gasteiger charge is -2.14. The molecule has 0 saturated heterocycles. The van der Waals surface area contributed by atoms with E-state index in [1.807, 2.05) is 0 Å². The van der Waals surface area contributed by atoms with Gasteiger partial charge < -0.3 is 5.73 Å². The van der Waals surface area contributed by atoms with E-state index in [-0.39, 0.29) is 17.0 Å². The molecule has 1 atom stereocenters. The molecule has 0 aliphatic rings. The lowest BCUT2D eigenvalue weighted by atomic mass is 9.99. The molecule has 1 nitrogen and oxygen atoms in total. The van der Waals surface area contributed by atoms with Gasteiger partial charge in [-0.15, -0.1) is 0 Å². The van der Waals surface area contributed by atoms with Crippen LogP contribution in [0.1, 0.15) is 17.2 Å². The van der Waals surface area contributed by atoms with E-state index in [0.717, 1.165) is 18.2 Å². The first kappa shape index (κ1) is 13.9. The zero-order chi connectivity index (χ0) is 14.0. The van der Waals surface area contributed by atoms with Gasteiger partial charge in [0.25, 0.3) is 0 Å². The highest BCUT2D eigenvalue weighted by Gasteiger charge is 2.16. The van der Waals surface area contributed by atoms with E-state index in [4.69, 9.17) is 17.3 Å². The molecule has 2 aromatic rings. The monoisotopic (exact) mass is 285 g/mol. The van der Waals surface area contributed by atoms with Crippen LogP contribution < -0.4 is 5.73 Å². The predicted octanol–water partition coefficient (Wildman–Crippen LogP) is 4.00. The lowest BCUT2D eigenvalue weighted by molar-refractivity contribution is 0.567. The molecule has 2 rings (SSSR count). The highest BCUT2D eigenvalue weighted by Crippen LogP contribution is 2.27. The fourth-order valence-corrected chi connectivity index (χ4v) is 2.25. The lowest BCUT2D eigenvalue weighted by Crippen LogP contribution is -2.16. The highest BCUT2D eigenvalue weighted by atomic mass is 35.5. The second-order valence-corrected chi connectivity index (χ2v) is 4.63. The van der Waals surface area contributed by atoms with Crippen molar-refractivity contribution in [1.82, 2.24) is 0 Å². The van der Waals surface area contributed by atoms with E-state index in [9.17, 15) is 13.2 Å². The molecule has 2 N–H and O–H groups in total. The van der Waals surface area contributed by atoms with Crippen LogP contribution in [0, 0.1) is 17.5 Å². The Kier molecular flexibility index (Phi) is 4.12. The molecular formula is C14H11ClF3N. The molecule has 0 spiro atoms. The summed E-state index contributed by atoms with van der Waals surface area (Å²) >= 11 is 5.89. The zero-order valence-electron chi connectivity index (χ0n) is 9.84. The standard InChI is InChI=1S/C14H11ClF3N/c15-11-2-1-3-12(18)14(11)13(19)6-8-4-9(16)7-10(17)5-8/h1-5,7,13H,6,19H2. The van der Waals surface area contributed by atoms with Crippen LogP contribution in [0.25, 0.3) is 0 Å². The Bertz CT molecular complexity index is 561. The van der Waals surface area contributed by atoms with Crippen LogP contribution in [0.5, 0.6) is 0 Å². The summed E-state index contributed by atoms with van der Waals surface area (Å²) in [5.74, 6) is -1.92. The third-order valence-electron chi connectivity index (χ3n) is 2.75. The van der Waals surface area contributed by atoms with Crippen molar-refractivity contribution in [3.8, 4) is 0 Å². The molecule has 0 bridgehead atoms. The minimum Gasteiger partial charge on any atom is -0.324 e. The molecular weight excluding hydrogens is 275 g/mol. The quantitative estimate of drug-likeness (QED) is 0.906. The largest absolute Gasteiger partial charge is 0.324 e. The molecule has 0 amide bonds. The fourth-order valence-electron chi connectivity index (χ4n) is 1.95. The summed E-state index contributed by atoms with van der Waals surface area (Å²) in [6.45, 7) is 0. The number of rotatable bonds is 3. The Labute approximate surface area is 113 Å². The average molecular weight is 286 g/mol. The van der Waals surface area contributed by atoms with Crippen LogP contribution in [0.3, 0.4) is 0 Å². The zero-order valence-corrected chi connectivity index (χ0v) is 10.6. The normalized spacial score (nSPS) is 12.5. The third-order valence-corrected chi connectivity index (χ3v) is 3.08. The summed E-state index contributed by atoms with van der Waals surface area (Å²) in [7, 11) is 0. The highest BCUT2D eigenvalue weighted by molar-refractivity contribution is 6.31. The van der Waals surface area contributed by atoms with Gasteiger partial charge in [0.2, 0.25) is 0 Å². The number of hydrogen-bond acceptors (Lipinski definition) is 1. The van der Waals surface area contributed by atoms with Crippen LogP contribution in [0.2, 0.25) is 5.02 Å². The number of hydrogen-bond donors (Lipinski definition) is 1. The summed E-state index contributed by atoms with van der Waals surface area (Å²) in [5.41, 5.74) is 6.36. The Morgan fingerprint density at radius 3 is 2.26 bits per heavy atom. The number of nitrogens with two attached hydrogens (primary N) is 1. The first-order valence-corrected chi connectivity index (χ1v) is 5.99. The van der Waals surface area contributed by atoms with E-state index >= 15 is 0 Å². The van der Waals surface area contributed by atoms with Gasteiger partial charge in [0.05, 0.1) is 0 Å². The van der Waals surface area contributed by atoms with Gasteiger partial charge in [-0.2, -0.15) is 0 Å². The van der Waals surface area contributed by atoms with Crippen LogP contribution >= 0.6 is 11.6 Å². The Hall–Kier alpha value is -1.52. The minimum atomic E-state index is -0.769. The maximum atomic E-state index is 13.6. The molecule has 19 heavy (non-hydrogen) atoms. The van der Waals surface area contributed by atoms with Crippen molar-refractivity contribution in [2.45, 2.75) is 12.5 Å². The van der Waals surface area contributed by atoms with Crippen molar-refractivity contribution in [1.29, 1.82) is 0 Å². The SMILES string of the molecule is NC(Cc1cc(F)cc(F)c1)c1c(F)cccc1Cl. The average Bonchev–Trinajstić information content (AvgIpc) is 2.26. The van der Waals surface area contributed by atoms with Crippen molar-refractivity contribution in [2.75, 3.05) is 0 Å². The first-order chi connectivity index (χ1) is 8.97. The van der Waals surface area contributed by atoms with Crippen molar-refractivity contribution in [3.05, 3.63) is 70.0 Å². The van der Waals surface area contributed by atoms with Crippen LogP contribution in [0.4, 0.5) is 13.2 Å². The summed E-state index contributed by atoms with van der Waals surface area (Å²) in [5, 5.41) is 0.198. The van der Waals surface area contributed by atoms with Gasteiger partial charge in [0, 0.05) is 22.7 Å². The van der Waals surface area contributed by atoms with E-state index in [1.54, 1.807) is 0 Å². The maximum Gasteiger partial charge on any atom is 0.129 e. The molecule has 5 heteroatoms. The van der Waals surface area contributed by atoms with Crippen LogP contribution in [0.15, 0.2) is 36.4 Å². The Morgan fingerprint density at radius 1 is 1.05 bits per heavy atom. The summed E-state index contributed by atoms with van der Waals surface area (Å²) in [6, 6.07) is 6.56. The van der Waals surface area contributed by atoms with Crippen molar-refractivity contribution < 1.29 is 13.2 Å². The van der Waals surface area contributed by atoms with E-state index in [1.165, 1.54) is 18.2 Å². The molecule has 0 aliphatic carbocycles. The maximum absolute atomic E-state index is 13.6. The first-order valence-electron chi connectivity index (χ1n) is 5.62. The van der Waals surface area contributed by atoms with Crippen LogP contribution in [-0.2, 0) is 6.42 Å². The smallest absolute Gasteiger partial charge is 0.129 e. The van der Waals surface area contributed by atoms with Gasteiger partial charge in [-0.3, -0.25) is 0 Å². The number of benzene rings is 2. The van der Waals surface area contributed by atoms with Gasteiger partial charge in [-0.05, 0) is 36.2 Å². The van der Waals surface area contributed by atoms with Gasteiger partial charge in [0.15, 0.2) is 0 Å². The minimum absolute atomic E-state index is 0.0926. The van der Waals surface area contributed by atoms with Gasteiger partial charge in [-0.1, -0.05) is 17.7 Å². The van der Waals surface area contributed by atoms with Crippen molar-refractivity contribution >= 4 is 11.6 Å². The molecule has 0 aromatic heterocycles. The topological polar surface area (TPSA) is 26.0 Å².